The summed E-state index contributed by atoms with van der Waals surface area (Å²) in [6.07, 6.45) is 5.78. The van der Waals surface area contributed by atoms with Gasteiger partial charge in [0.15, 0.2) is 0 Å². The molecule has 2 rings (SSSR count). The Kier molecular flexibility index (Phi) is 2.91. The number of carbonyl (C=O) groups excluding carboxylic acids is 2. The van der Waals surface area contributed by atoms with Gasteiger partial charge in [0.05, 0.1) is 0 Å². The molecule has 2 fully saturated rings. The number of halogens is 1. The standard InChI is InChI=1S/C10H14BrNO2/c11-8-6-12(10(14)9(8)13)7-4-2-1-3-5-7/h7-8H,1-6H2. The van der Waals surface area contributed by atoms with E-state index in [1.807, 2.05) is 0 Å². The van der Waals surface area contributed by atoms with Crippen LogP contribution >= 0.6 is 15.9 Å². The van der Waals surface area contributed by atoms with Gasteiger partial charge < -0.3 is 4.90 Å². The maximum Gasteiger partial charge on any atom is 0.291 e. The van der Waals surface area contributed by atoms with Crippen molar-refractivity contribution < 1.29 is 9.59 Å². The summed E-state index contributed by atoms with van der Waals surface area (Å²) < 4.78 is 0. The molecule has 0 bridgehead atoms. The van der Waals surface area contributed by atoms with Crippen LogP contribution in [0, 0.1) is 0 Å². The Morgan fingerprint density at radius 3 is 2.29 bits per heavy atom. The van der Waals surface area contributed by atoms with E-state index in [0.29, 0.717) is 12.6 Å². The van der Waals surface area contributed by atoms with Crippen LogP contribution in [-0.2, 0) is 9.59 Å². The Morgan fingerprint density at radius 2 is 1.79 bits per heavy atom. The van der Waals surface area contributed by atoms with Crippen LogP contribution < -0.4 is 0 Å². The molecule has 1 unspecified atom stereocenters. The second-order valence-corrected chi connectivity index (χ2v) is 5.19. The summed E-state index contributed by atoms with van der Waals surface area (Å²) in [5.41, 5.74) is 0. The number of ketones is 1. The van der Waals surface area contributed by atoms with Gasteiger partial charge in [0.1, 0.15) is 4.83 Å². The number of alkyl halides is 1. The maximum absolute atomic E-state index is 11.6. The molecular weight excluding hydrogens is 246 g/mol. The van der Waals surface area contributed by atoms with Gasteiger partial charge in [-0.2, -0.15) is 0 Å². The lowest BCUT2D eigenvalue weighted by molar-refractivity contribution is -0.141. The topological polar surface area (TPSA) is 37.4 Å². The fraction of sp³-hybridized carbons (Fsp3) is 0.800. The smallest absolute Gasteiger partial charge is 0.291 e. The van der Waals surface area contributed by atoms with Gasteiger partial charge >= 0.3 is 0 Å². The number of amides is 1. The van der Waals surface area contributed by atoms with E-state index in [-0.39, 0.29) is 16.5 Å². The molecule has 0 aromatic carbocycles. The summed E-state index contributed by atoms with van der Waals surface area (Å²) in [5.74, 6) is -0.547. The average Bonchev–Trinajstić information content (AvgIpc) is 2.47. The summed E-state index contributed by atoms with van der Waals surface area (Å²) in [6, 6.07) is 0.322. The zero-order valence-corrected chi connectivity index (χ0v) is 9.63. The molecule has 0 N–H and O–H groups in total. The van der Waals surface area contributed by atoms with E-state index in [2.05, 4.69) is 15.9 Å². The molecule has 1 atom stereocenters. The third kappa shape index (κ3) is 1.72. The molecule has 1 heterocycles. The normalized spacial score (nSPS) is 30.1. The highest BCUT2D eigenvalue weighted by Crippen LogP contribution is 2.27. The lowest BCUT2D eigenvalue weighted by Gasteiger charge is -2.30. The molecule has 78 valence electrons. The largest absolute Gasteiger partial charge is 0.332 e. The van der Waals surface area contributed by atoms with Crippen LogP contribution in [0.3, 0.4) is 0 Å². The molecule has 1 saturated heterocycles. The predicted octanol–water partition coefficient (Wildman–Crippen LogP) is 1.49. The lowest BCUT2D eigenvalue weighted by Crippen LogP contribution is -2.38. The van der Waals surface area contributed by atoms with E-state index in [1.54, 1.807) is 4.90 Å². The van der Waals surface area contributed by atoms with Crippen molar-refractivity contribution in [1.82, 2.24) is 4.90 Å². The van der Waals surface area contributed by atoms with Crippen LogP contribution in [0.2, 0.25) is 0 Å². The number of hydrogen-bond donors (Lipinski definition) is 0. The van der Waals surface area contributed by atoms with E-state index < -0.39 is 0 Å². The fourth-order valence-electron chi connectivity index (χ4n) is 2.32. The molecule has 2 aliphatic rings. The van der Waals surface area contributed by atoms with Gasteiger partial charge in [-0.3, -0.25) is 9.59 Å². The number of carbonyl (C=O) groups is 2. The lowest BCUT2D eigenvalue weighted by atomic mass is 9.94. The molecule has 14 heavy (non-hydrogen) atoms. The van der Waals surface area contributed by atoms with Gasteiger partial charge in [0.25, 0.3) is 5.91 Å². The molecule has 4 heteroatoms. The first-order valence-corrected chi connectivity index (χ1v) is 6.10. The first-order valence-electron chi connectivity index (χ1n) is 5.19. The van der Waals surface area contributed by atoms with Crippen LogP contribution in [-0.4, -0.2) is 34.0 Å². The van der Waals surface area contributed by atoms with Crippen molar-refractivity contribution in [2.24, 2.45) is 0 Å². The van der Waals surface area contributed by atoms with Crippen LogP contribution in [0.15, 0.2) is 0 Å². The minimum atomic E-state index is -0.279. The van der Waals surface area contributed by atoms with Gasteiger partial charge in [-0.15, -0.1) is 0 Å². The second kappa shape index (κ2) is 4.01. The van der Waals surface area contributed by atoms with Crippen LogP contribution in [0.1, 0.15) is 32.1 Å². The SMILES string of the molecule is O=C1C(=O)N(C2CCCCC2)CC1Br. The third-order valence-electron chi connectivity index (χ3n) is 3.13. The summed E-state index contributed by atoms with van der Waals surface area (Å²) in [6.45, 7) is 0.572. The molecule has 0 aromatic heterocycles. The zero-order valence-electron chi connectivity index (χ0n) is 8.04. The van der Waals surface area contributed by atoms with Crippen molar-refractivity contribution in [2.75, 3.05) is 6.54 Å². The minimum absolute atomic E-state index is 0.267. The van der Waals surface area contributed by atoms with Gasteiger partial charge in [0.2, 0.25) is 5.78 Å². The third-order valence-corrected chi connectivity index (χ3v) is 3.83. The average molecular weight is 260 g/mol. The first kappa shape index (κ1) is 10.1. The molecule has 1 aliphatic heterocycles. The molecule has 0 spiro atoms. The molecule has 1 aliphatic carbocycles. The van der Waals surface area contributed by atoms with Crippen molar-refractivity contribution in [3.8, 4) is 0 Å². The van der Waals surface area contributed by atoms with E-state index in [4.69, 9.17) is 0 Å². The van der Waals surface area contributed by atoms with E-state index in [0.717, 1.165) is 12.8 Å². The Morgan fingerprint density at radius 1 is 1.14 bits per heavy atom. The highest BCUT2D eigenvalue weighted by atomic mass is 79.9. The van der Waals surface area contributed by atoms with Gasteiger partial charge in [-0.25, -0.2) is 0 Å². The highest BCUT2D eigenvalue weighted by molar-refractivity contribution is 9.10. The quantitative estimate of drug-likeness (QED) is 0.529. The number of likely N-dealkylation sites (tertiary alicyclic amines) is 1. The molecule has 1 saturated carbocycles. The first-order chi connectivity index (χ1) is 6.70. The molecule has 3 nitrogen and oxygen atoms in total. The predicted molar refractivity (Wildman–Crippen MR) is 56.3 cm³/mol. The van der Waals surface area contributed by atoms with Crippen LogP contribution in [0.5, 0.6) is 0 Å². The maximum atomic E-state index is 11.6. The van der Waals surface area contributed by atoms with Crippen molar-refractivity contribution in [1.29, 1.82) is 0 Å². The van der Waals surface area contributed by atoms with Crippen LogP contribution in [0.4, 0.5) is 0 Å². The van der Waals surface area contributed by atoms with Crippen molar-refractivity contribution >= 4 is 27.6 Å². The monoisotopic (exact) mass is 259 g/mol. The fourth-order valence-corrected chi connectivity index (χ4v) is 2.83. The summed E-state index contributed by atoms with van der Waals surface area (Å²) >= 11 is 3.24. The number of hydrogen-bond acceptors (Lipinski definition) is 2. The number of nitrogens with zero attached hydrogens (tertiary/aromatic N) is 1. The van der Waals surface area contributed by atoms with Gasteiger partial charge in [-0.05, 0) is 12.8 Å². The van der Waals surface area contributed by atoms with E-state index in [9.17, 15) is 9.59 Å². The molecular formula is C10H14BrNO2. The summed E-state index contributed by atoms with van der Waals surface area (Å²) in [4.78, 5) is 24.4. The van der Waals surface area contributed by atoms with Crippen molar-refractivity contribution in [3.05, 3.63) is 0 Å². The van der Waals surface area contributed by atoms with E-state index >= 15 is 0 Å². The zero-order chi connectivity index (χ0) is 10.1. The van der Waals surface area contributed by atoms with Crippen molar-refractivity contribution in [2.45, 2.75) is 43.0 Å². The second-order valence-electron chi connectivity index (χ2n) is 4.08. The molecule has 0 aromatic rings. The van der Waals surface area contributed by atoms with E-state index in [1.165, 1.54) is 19.3 Å². The number of rotatable bonds is 1. The highest BCUT2D eigenvalue weighted by Gasteiger charge is 2.40. The minimum Gasteiger partial charge on any atom is -0.332 e. The summed E-state index contributed by atoms with van der Waals surface area (Å²) in [7, 11) is 0. The number of Topliss-reactive ketones (excluding diaryl/α,β-unsaturated/α-hetero) is 1. The summed E-state index contributed by atoms with van der Waals surface area (Å²) in [5, 5.41) is 0. The Bertz CT molecular complexity index is 261. The van der Waals surface area contributed by atoms with Gasteiger partial charge in [0, 0.05) is 12.6 Å². The Labute approximate surface area is 92.0 Å². The van der Waals surface area contributed by atoms with Crippen LogP contribution in [0.25, 0.3) is 0 Å². The molecule has 1 amide bonds. The molecule has 0 radical (unpaired) electrons. The van der Waals surface area contributed by atoms with Gasteiger partial charge in [-0.1, -0.05) is 35.2 Å². The van der Waals surface area contributed by atoms with Crippen molar-refractivity contribution in [3.63, 3.8) is 0 Å². The Hall–Kier alpha value is -0.380. The Balaban J connectivity index is 2.04.